The summed E-state index contributed by atoms with van der Waals surface area (Å²) in [7, 11) is 0. The number of carbonyl (C=O) groups excluding carboxylic acids is 1. The van der Waals surface area contributed by atoms with Crippen LogP contribution >= 0.6 is 0 Å². The molecule has 0 aliphatic carbocycles. The van der Waals surface area contributed by atoms with Crippen LogP contribution in [0.1, 0.15) is 16.7 Å². The number of carbonyl (C=O) groups is 1. The van der Waals surface area contributed by atoms with Crippen molar-refractivity contribution in [1.82, 2.24) is 0 Å². The molecule has 0 fully saturated rings. The van der Waals surface area contributed by atoms with Gasteiger partial charge in [-0.25, -0.2) is 0 Å². The highest BCUT2D eigenvalue weighted by atomic mass is 19.4. The molecule has 100 valence electrons. The lowest BCUT2D eigenvalue weighted by Gasteiger charge is -2.11. The van der Waals surface area contributed by atoms with Gasteiger partial charge in [0.15, 0.2) is 0 Å². The minimum Gasteiger partial charge on any atom is -0.289 e. The molecule has 18 heavy (non-hydrogen) atoms. The summed E-state index contributed by atoms with van der Waals surface area (Å²) < 4.78 is 72.9. The van der Waals surface area contributed by atoms with Crippen LogP contribution in [0, 0.1) is 6.92 Å². The Kier molecular flexibility index (Phi) is 3.73. The molecule has 0 aliphatic rings. The summed E-state index contributed by atoms with van der Waals surface area (Å²) >= 11 is 0. The highest BCUT2D eigenvalue weighted by molar-refractivity contribution is 5.86. The fourth-order valence-electron chi connectivity index (χ4n) is 1.34. The average molecular weight is 270 g/mol. The van der Waals surface area contributed by atoms with Gasteiger partial charge in [-0.05, 0) is 30.2 Å². The minimum atomic E-state index is -4.98. The highest BCUT2D eigenvalue weighted by Crippen LogP contribution is 2.31. The number of Topliss-reactive ketones (excluding diaryl/α,β-unsaturated/α-hetero) is 1. The van der Waals surface area contributed by atoms with E-state index < -0.39 is 30.1 Å². The van der Waals surface area contributed by atoms with E-state index in [0.717, 1.165) is 12.1 Å². The lowest BCUT2D eigenvalue weighted by molar-refractivity contribution is -0.170. The Morgan fingerprint density at radius 2 is 1.67 bits per heavy atom. The Hall–Kier alpha value is -1.53. The number of halogens is 6. The molecule has 7 heteroatoms. The number of aryl methyl sites for hydroxylation is 1. The SMILES string of the molecule is Cc1cc(C(F)(F)F)ccc1CC(=O)C(F)(F)F. The Bertz CT molecular complexity index is 458. The zero-order chi connectivity index (χ0) is 14.1. The van der Waals surface area contributed by atoms with Gasteiger partial charge in [0, 0.05) is 6.42 Å². The predicted octanol–water partition coefficient (Wildman–Crippen LogP) is 3.69. The second-order valence-corrected chi connectivity index (χ2v) is 3.74. The van der Waals surface area contributed by atoms with Crippen LogP contribution in [0.4, 0.5) is 26.3 Å². The van der Waals surface area contributed by atoms with Gasteiger partial charge in [-0.15, -0.1) is 0 Å². The van der Waals surface area contributed by atoms with Crippen molar-refractivity contribution in [1.29, 1.82) is 0 Å². The van der Waals surface area contributed by atoms with Gasteiger partial charge in [-0.2, -0.15) is 26.3 Å². The molecule has 0 amide bonds. The Balaban J connectivity index is 2.98. The van der Waals surface area contributed by atoms with E-state index >= 15 is 0 Å². The minimum absolute atomic E-state index is 0.00225. The number of ketones is 1. The number of benzene rings is 1. The highest BCUT2D eigenvalue weighted by Gasteiger charge is 2.38. The van der Waals surface area contributed by atoms with Crippen LogP contribution in [-0.4, -0.2) is 12.0 Å². The van der Waals surface area contributed by atoms with E-state index in [1.165, 1.54) is 6.92 Å². The van der Waals surface area contributed by atoms with Crippen molar-refractivity contribution in [2.45, 2.75) is 25.7 Å². The molecule has 1 rings (SSSR count). The monoisotopic (exact) mass is 270 g/mol. The quantitative estimate of drug-likeness (QED) is 0.749. The third-order valence-electron chi connectivity index (χ3n) is 2.34. The molecule has 1 aromatic carbocycles. The first-order valence-electron chi connectivity index (χ1n) is 4.78. The fourth-order valence-corrected chi connectivity index (χ4v) is 1.34. The first kappa shape index (κ1) is 14.5. The summed E-state index contributed by atoms with van der Waals surface area (Å²) in [6, 6.07) is 2.27. The molecule has 0 atom stereocenters. The summed E-state index contributed by atoms with van der Waals surface area (Å²) in [5.41, 5.74) is -1.02. The van der Waals surface area contributed by atoms with Gasteiger partial charge in [-0.1, -0.05) is 6.07 Å². The van der Waals surface area contributed by atoms with E-state index in [1.807, 2.05) is 0 Å². The van der Waals surface area contributed by atoms with Gasteiger partial charge >= 0.3 is 12.4 Å². The molecular weight excluding hydrogens is 262 g/mol. The van der Waals surface area contributed by atoms with Gasteiger partial charge in [0.25, 0.3) is 0 Å². The molecule has 0 saturated carbocycles. The maximum atomic E-state index is 12.3. The molecule has 0 N–H and O–H groups in total. The molecule has 0 aliphatic heterocycles. The molecule has 0 heterocycles. The maximum absolute atomic E-state index is 12.3. The van der Waals surface area contributed by atoms with E-state index in [9.17, 15) is 31.1 Å². The molecule has 0 saturated heterocycles. The van der Waals surface area contributed by atoms with Gasteiger partial charge in [0.1, 0.15) is 0 Å². The maximum Gasteiger partial charge on any atom is 0.450 e. The van der Waals surface area contributed by atoms with Crippen molar-refractivity contribution in [3.8, 4) is 0 Å². The van der Waals surface area contributed by atoms with Crippen molar-refractivity contribution in [3.05, 3.63) is 34.9 Å². The van der Waals surface area contributed by atoms with E-state index in [2.05, 4.69) is 0 Å². The molecule has 0 unspecified atom stereocenters. The fraction of sp³-hybridized carbons (Fsp3) is 0.364. The second kappa shape index (κ2) is 4.62. The summed E-state index contributed by atoms with van der Waals surface area (Å²) in [5, 5.41) is 0. The predicted molar refractivity (Wildman–Crippen MR) is 50.9 cm³/mol. The average Bonchev–Trinajstić information content (AvgIpc) is 2.17. The van der Waals surface area contributed by atoms with Crippen LogP contribution in [0.15, 0.2) is 18.2 Å². The summed E-state index contributed by atoms with van der Waals surface area (Å²) in [6.45, 7) is 1.23. The van der Waals surface area contributed by atoms with Gasteiger partial charge in [-0.3, -0.25) is 4.79 Å². The van der Waals surface area contributed by atoms with E-state index in [0.29, 0.717) is 6.07 Å². The van der Waals surface area contributed by atoms with Crippen molar-refractivity contribution in [2.75, 3.05) is 0 Å². The van der Waals surface area contributed by atoms with Crippen molar-refractivity contribution in [2.24, 2.45) is 0 Å². The zero-order valence-electron chi connectivity index (χ0n) is 9.12. The van der Waals surface area contributed by atoms with Gasteiger partial charge in [0.05, 0.1) is 5.56 Å². The molecule has 0 radical (unpaired) electrons. The summed E-state index contributed by atoms with van der Waals surface area (Å²) in [6.07, 6.45) is -10.5. The Labute approximate surface area is 98.4 Å². The third-order valence-corrected chi connectivity index (χ3v) is 2.34. The smallest absolute Gasteiger partial charge is 0.289 e. The van der Waals surface area contributed by atoms with E-state index in [4.69, 9.17) is 0 Å². The second-order valence-electron chi connectivity index (χ2n) is 3.74. The zero-order valence-corrected chi connectivity index (χ0v) is 9.12. The van der Waals surface area contributed by atoms with Crippen LogP contribution in [-0.2, 0) is 17.4 Å². The topological polar surface area (TPSA) is 17.1 Å². The van der Waals surface area contributed by atoms with Gasteiger partial charge in [0.2, 0.25) is 5.78 Å². The van der Waals surface area contributed by atoms with Crippen LogP contribution in [0.2, 0.25) is 0 Å². The number of alkyl halides is 6. The molecule has 1 aromatic rings. The Morgan fingerprint density at radius 3 is 2.06 bits per heavy atom. The van der Waals surface area contributed by atoms with Crippen molar-refractivity contribution in [3.63, 3.8) is 0 Å². The van der Waals surface area contributed by atoms with Crippen molar-refractivity contribution >= 4 is 5.78 Å². The number of hydrogen-bond donors (Lipinski definition) is 0. The van der Waals surface area contributed by atoms with E-state index in [1.54, 1.807) is 0 Å². The normalized spacial score (nSPS) is 12.6. The molecule has 0 bridgehead atoms. The van der Waals surface area contributed by atoms with E-state index in [-0.39, 0.29) is 11.1 Å². The summed E-state index contributed by atoms with van der Waals surface area (Å²) in [4.78, 5) is 10.7. The van der Waals surface area contributed by atoms with Crippen LogP contribution in [0.5, 0.6) is 0 Å². The number of hydrogen-bond acceptors (Lipinski definition) is 1. The third kappa shape index (κ3) is 3.48. The lowest BCUT2D eigenvalue weighted by Crippen LogP contribution is -2.25. The van der Waals surface area contributed by atoms with Crippen molar-refractivity contribution < 1.29 is 31.1 Å². The number of rotatable bonds is 2. The largest absolute Gasteiger partial charge is 0.450 e. The summed E-state index contributed by atoms with van der Waals surface area (Å²) in [5.74, 6) is -1.98. The first-order chi connectivity index (χ1) is 8.01. The van der Waals surface area contributed by atoms with Crippen LogP contribution in [0.25, 0.3) is 0 Å². The van der Waals surface area contributed by atoms with Crippen LogP contribution < -0.4 is 0 Å². The molecular formula is C11H8F6O. The van der Waals surface area contributed by atoms with Crippen LogP contribution in [0.3, 0.4) is 0 Å². The first-order valence-corrected chi connectivity index (χ1v) is 4.78. The standard InChI is InChI=1S/C11H8F6O/c1-6-4-8(10(12,13)14)3-2-7(6)5-9(18)11(15,16)17/h2-4H,5H2,1H3. The Morgan fingerprint density at radius 1 is 1.11 bits per heavy atom. The molecule has 1 nitrogen and oxygen atoms in total. The lowest BCUT2D eigenvalue weighted by atomic mass is 10.0. The molecule has 0 aromatic heterocycles. The van der Waals surface area contributed by atoms with Gasteiger partial charge < -0.3 is 0 Å². The molecule has 0 spiro atoms.